The third-order valence-electron chi connectivity index (χ3n) is 3.97. The molecule has 3 heterocycles. The molecule has 0 aromatic carbocycles. The van der Waals surface area contributed by atoms with E-state index in [-0.39, 0.29) is 34.9 Å². The Morgan fingerprint density at radius 2 is 2.26 bits per heavy atom. The Morgan fingerprint density at radius 3 is 2.83 bits per heavy atom. The van der Waals surface area contributed by atoms with E-state index in [9.17, 15) is 9.59 Å². The fourth-order valence-corrected chi connectivity index (χ4v) is 3.21. The second-order valence-electron chi connectivity index (χ2n) is 5.57. The maximum Gasteiger partial charge on any atom is 0.303 e. The molecule has 2 aromatic rings. The smallest absolute Gasteiger partial charge is 0.303 e. The number of aryl methyl sites for hydroxylation is 1. The van der Waals surface area contributed by atoms with Crippen molar-refractivity contribution in [3.63, 3.8) is 0 Å². The zero-order chi connectivity index (χ0) is 16.6. The Bertz CT molecular complexity index is 728. The molecule has 2 aromatic heterocycles. The van der Waals surface area contributed by atoms with Gasteiger partial charge in [0.1, 0.15) is 0 Å². The highest BCUT2D eigenvalue weighted by molar-refractivity contribution is 6.33. The number of aromatic nitrogens is 5. The highest BCUT2D eigenvalue weighted by atomic mass is 35.5. The van der Waals surface area contributed by atoms with Crippen molar-refractivity contribution in [2.45, 2.75) is 12.3 Å². The van der Waals surface area contributed by atoms with Crippen LogP contribution in [-0.2, 0) is 11.8 Å². The highest BCUT2D eigenvalue weighted by Gasteiger charge is 2.39. The molecule has 1 saturated heterocycles. The molecule has 10 heteroatoms. The Kier molecular flexibility index (Phi) is 4.03. The van der Waals surface area contributed by atoms with Gasteiger partial charge in [-0.3, -0.25) is 14.3 Å². The summed E-state index contributed by atoms with van der Waals surface area (Å²) in [7, 11) is 1.68. The summed E-state index contributed by atoms with van der Waals surface area (Å²) in [5, 5.41) is 23.8. The first-order valence-electron chi connectivity index (χ1n) is 7.01. The molecule has 0 unspecified atom stereocenters. The van der Waals surface area contributed by atoms with Crippen LogP contribution < -0.4 is 0 Å². The van der Waals surface area contributed by atoms with Crippen LogP contribution in [0.1, 0.15) is 28.5 Å². The number of amides is 1. The van der Waals surface area contributed by atoms with Gasteiger partial charge < -0.3 is 10.0 Å². The first kappa shape index (κ1) is 15.5. The van der Waals surface area contributed by atoms with Crippen LogP contribution >= 0.6 is 11.6 Å². The highest BCUT2D eigenvalue weighted by Crippen LogP contribution is 2.34. The molecule has 122 valence electrons. The van der Waals surface area contributed by atoms with Gasteiger partial charge in [0, 0.05) is 32.3 Å². The second-order valence-corrected chi connectivity index (χ2v) is 5.98. The van der Waals surface area contributed by atoms with Crippen molar-refractivity contribution in [2.24, 2.45) is 13.0 Å². The number of nitrogens with one attached hydrogen (secondary N) is 1. The summed E-state index contributed by atoms with van der Waals surface area (Å²) in [5.41, 5.74) is 0.822. The molecule has 1 fully saturated rings. The minimum Gasteiger partial charge on any atom is -0.481 e. The third kappa shape index (κ3) is 3.04. The summed E-state index contributed by atoms with van der Waals surface area (Å²) < 4.78 is 1.47. The molecule has 1 aliphatic heterocycles. The van der Waals surface area contributed by atoms with Crippen molar-refractivity contribution in [3.05, 3.63) is 28.8 Å². The summed E-state index contributed by atoms with van der Waals surface area (Å²) in [4.78, 5) is 25.3. The minimum absolute atomic E-state index is 0.0444. The predicted octanol–water partition coefficient (Wildman–Crippen LogP) is 0.522. The summed E-state index contributed by atoms with van der Waals surface area (Å²) in [6.07, 6.45) is 3.06. The number of likely N-dealkylation sites (tertiary alicyclic amines) is 1. The molecule has 2 atom stereocenters. The minimum atomic E-state index is -0.909. The van der Waals surface area contributed by atoms with E-state index in [1.165, 1.54) is 4.68 Å². The van der Waals surface area contributed by atoms with Crippen molar-refractivity contribution < 1.29 is 14.7 Å². The van der Waals surface area contributed by atoms with Gasteiger partial charge in [-0.15, -0.1) is 0 Å². The van der Waals surface area contributed by atoms with E-state index >= 15 is 0 Å². The average Bonchev–Trinajstić information content (AvgIpc) is 3.17. The van der Waals surface area contributed by atoms with Crippen LogP contribution in [0.3, 0.4) is 0 Å². The number of rotatable bonds is 4. The molecule has 0 radical (unpaired) electrons. The molecule has 9 nitrogen and oxygen atoms in total. The molecule has 2 N–H and O–H groups in total. The molecule has 1 aliphatic rings. The normalized spacial score (nSPS) is 20.9. The Labute approximate surface area is 136 Å². The molecular weight excluding hydrogens is 324 g/mol. The van der Waals surface area contributed by atoms with Crippen LogP contribution in [-0.4, -0.2) is 60.2 Å². The standard InChI is InChI=1S/C13H15ClN6O3/c1-19-6-9(14)12(17-19)13(23)20-4-7(2-11(21)22)8(5-20)10-3-15-18-16-10/h3,6-8H,2,4-5H2,1H3,(H,21,22)(H,15,16,18)/t7-,8+/m1/s1. The van der Waals surface area contributed by atoms with Gasteiger partial charge in [-0.2, -0.15) is 20.5 Å². The molecule has 1 amide bonds. The largest absolute Gasteiger partial charge is 0.481 e. The van der Waals surface area contributed by atoms with Crippen LogP contribution in [0.4, 0.5) is 0 Å². The first-order chi connectivity index (χ1) is 11.0. The number of halogens is 1. The number of hydrogen-bond acceptors (Lipinski definition) is 5. The number of nitrogens with zero attached hydrogens (tertiary/aromatic N) is 5. The van der Waals surface area contributed by atoms with E-state index in [1.54, 1.807) is 24.3 Å². The average molecular weight is 339 g/mol. The van der Waals surface area contributed by atoms with Crippen molar-refractivity contribution >= 4 is 23.5 Å². The molecule has 0 spiro atoms. The van der Waals surface area contributed by atoms with Crippen molar-refractivity contribution in [1.82, 2.24) is 30.1 Å². The van der Waals surface area contributed by atoms with Crippen LogP contribution in [0.25, 0.3) is 0 Å². The van der Waals surface area contributed by atoms with Crippen molar-refractivity contribution in [3.8, 4) is 0 Å². The van der Waals surface area contributed by atoms with E-state index in [4.69, 9.17) is 16.7 Å². The maximum atomic E-state index is 12.6. The molecule has 0 bridgehead atoms. The van der Waals surface area contributed by atoms with Crippen molar-refractivity contribution in [2.75, 3.05) is 13.1 Å². The topological polar surface area (TPSA) is 117 Å². The number of hydrogen-bond donors (Lipinski definition) is 2. The molecule has 0 aliphatic carbocycles. The maximum absolute atomic E-state index is 12.6. The number of aliphatic carboxylic acids is 1. The van der Waals surface area contributed by atoms with Crippen LogP contribution in [0.5, 0.6) is 0 Å². The number of carbonyl (C=O) groups excluding carboxylic acids is 1. The van der Waals surface area contributed by atoms with Gasteiger partial charge in [0.25, 0.3) is 5.91 Å². The Balaban J connectivity index is 1.83. The third-order valence-corrected chi connectivity index (χ3v) is 4.24. The van der Waals surface area contributed by atoms with Crippen LogP contribution in [0, 0.1) is 5.92 Å². The number of carboxylic acids is 1. The van der Waals surface area contributed by atoms with Crippen molar-refractivity contribution in [1.29, 1.82) is 0 Å². The fourth-order valence-electron chi connectivity index (χ4n) is 2.95. The van der Waals surface area contributed by atoms with Crippen LogP contribution in [0.2, 0.25) is 5.02 Å². The first-order valence-corrected chi connectivity index (χ1v) is 7.39. The summed E-state index contributed by atoms with van der Waals surface area (Å²) in [6.45, 7) is 0.672. The lowest BCUT2D eigenvalue weighted by Crippen LogP contribution is -2.29. The SMILES string of the molecule is Cn1cc(Cl)c(C(=O)N2C[C@@H](CC(=O)O)[C@@H](c3cn[nH]n3)C2)n1. The van der Waals surface area contributed by atoms with E-state index in [2.05, 4.69) is 20.5 Å². The quantitative estimate of drug-likeness (QED) is 0.839. The molecule has 0 saturated carbocycles. The zero-order valence-corrected chi connectivity index (χ0v) is 13.1. The molecule has 3 rings (SSSR count). The molecule has 23 heavy (non-hydrogen) atoms. The van der Waals surface area contributed by atoms with Gasteiger partial charge in [-0.1, -0.05) is 11.6 Å². The van der Waals surface area contributed by atoms with Gasteiger partial charge in [-0.25, -0.2) is 0 Å². The summed E-state index contributed by atoms with van der Waals surface area (Å²) >= 11 is 6.02. The van der Waals surface area contributed by atoms with E-state index in [1.807, 2.05) is 0 Å². The van der Waals surface area contributed by atoms with Gasteiger partial charge in [0.15, 0.2) is 5.69 Å². The zero-order valence-electron chi connectivity index (χ0n) is 12.3. The molecular formula is C13H15ClN6O3. The lowest BCUT2D eigenvalue weighted by molar-refractivity contribution is -0.138. The number of aromatic amines is 1. The number of H-pyrrole nitrogens is 1. The Hall–Kier alpha value is -2.42. The summed E-state index contributed by atoms with van der Waals surface area (Å²) in [6, 6.07) is 0. The second kappa shape index (κ2) is 5.99. The lowest BCUT2D eigenvalue weighted by atomic mass is 9.91. The van der Waals surface area contributed by atoms with E-state index < -0.39 is 5.97 Å². The Morgan fingerprint density at radius 1 is 1.48 bits per heavy atom. The fraction of sp³-hybridized carbons (Fsp3) is 0.462. The van der Waals surface area contributed by atoms with E-state index in [0.717, 1.165) is 0 Å². The van der Waals surface area contributed by atoms with Gasteiger partial charge >= 0.3 is 5.97 Å². The predicted molar refractivity (Wildman–Crippen MR) is 79.0 cm³/mol. The van der Waals surface area contributed by atoms with Gasteiger partial charge in [0.05, 0.1) is 23.3 Å². The van der Waals surface area contributed by atoms with E-state index in [0.29, 0.717) is 18.8 Å². The number of carboxylic acid groups (broad SMARTS) is 1. The van der Waals surface area contributed by atoms with Gasteiger partial charge in [0.2, 0.25) is 0 Å². The number of carbonyl (C=O) groups is 2. The summed E-state index contributed by atoms with van der Waals surface area (Å²) in [5.74, 6) is -1.63. The van der Waals surface area contributed by atoms with Gasteiger partial charge in [-0.05, 0) is 5.92 Å². The lowest BCUT2D eigenvalue weighted by Gasteiger charge is -2.14. The van der Waals surface area contributed by atoms with Crippen LogP contribution in [0.15, 0.2) is 12.4 Å². The monoisotopic (exact) mass is 338 g/mol.